The number of nitro groups is 1. The predicted octanol–water partition coefficient (Wildman–Crippen LogP) is 3.37. The van der Waals surface area contributed by atoms with Gasteiger partial charge < -0.3 is 15.1 Å². The zero-order valence-electron chi connectivity index (χ0n) is 14.0. The predicted molar refractivity (Wildman–Crippen MR) is 97.4 cm³/mol. The van der Waals surface area contributed by atoms with Gasteiger partial charge in [0.1, 0.15) is 11.3 Å². The van der Waals surface area contributed by atoms with E-state index in [0.717, 1.165) is 0 Å². The van der Waals surface area contributed by atoms with Crippen molar-refractivity contribution < 1.29 is 18.9 Å². The molecule has 8 nitrogen and oxygen atoms in total. The third-order valence-electron chi connectivity index (χ3n) is 3.73. The molecule has 3 rings (SSSR count). The molecule has 0 aliphatic rings. The Labute approximate surface area is 154 Å². The van der Waals surface area contributed by atoms with Gasteiger partial charge >= 0.3 is 0 Å². The highest BCUT2D eigenvalue weighted by Crippen LogP contribution is 2.20. The Bertz CT molecular complexity index is 983. The zero-order chi connectivity index (χ0) is 19.2. The van der Waals surface area contributed by atoms with Crippen molar-refractivity contribution in [2.75, 3.05) is 5.32 Å². The molecule has 0 bridgehead atoms. The molecular formula is C19H15N3O5. The average Bonchev–Trinajstić information content (AvgIpc) is 3.20. The summed E-state index contributed by atoms with van der Waals surface area (Å²) in [6.45, 7) is 0.235. The summed E-state index contributed by atoms with van der Waals surface area (Å²) in [7, 11) is 0. The molecule has 2 N–H and O–H groups in total. The van der Waals surface area contributed by atoms with Crippen molar-refractivity contribution in [2.24, 2.45) is 0 Å². The number of hydrogen-bond acceptors (Lipinski definition) is 5. The molecule has 27 heavy (non-hydrogen) atoms. The van der Waals surface area contributed by atoms with Crippen molar-refractivity contribution in [1.82, 2.24) is 5.32 Å². The van der Waals surface area contributed by atoms with Crippen LogP contribution in [0.2, 0.25) is 0 Å². The lowest BCUT2D eigenvalue weighted by atomic mass is 10.1. The Morgan fingerprint density at radius 1 is 1.00 bits per heavy atom. The molecule has 0 saturated heterocycles. The number of carbonyl (C=O) groups excluding carboxylic acids is 2. The van der Waals surface area contributed by atoms with Gasteiger partial charge in [-0.25, -0.2) is 0 Å². The summed E-state index contributed by atoms with van der Waals surface area (Å²) in [5.41, 5.74) is 0.336. The van der Waals surface area contributed by atoms with Gasteiger partial charge in [0.15, 0.2) is 0 Å². The first-order valence-electron chi connectivity index (χ1n) is 8.00. The van der Waals surface area contributed by atoms with E-state index in [0.29, 0.717) is 17.0 Å². The number of furan rings is 1. The number of carbonyl (C=O) groups is 2. The van der Waals surface area contributed by atoms with Gasteiger partial charge in [0.05, 0.1) is 17.7 Å². The molecular weight excluding hydrogens is 350 g/mol. The zero-order valence-corrected chi connectivity index (χ0v) is 14.0. The van der Waals surface area contributed by atoms with E-state index < -0.39 is 10.8 Å². The van der Waals surface area contributed by atoms with Gasteiger partial charge in [0.2, 0.25) is 0 Å². The molecule has 0 aliphatic carbocycles. The lowest BCUT2D eigenvalue weighted by Crippen LogP contribution is -2.22. The van der Waals surface area contributed by atoms with Crippen LogP contribution in [0.25, 0.3) is 0 Å². The van der Waals surface area contributed by atoms with Crippen molar-refractivity contribution in [3.8, 4) is 0 Å². The van der Waals surface area contributed by atoms with Crippen molar-refractivity contribution in [3.63, 3.8) is 0 Å². The van der Waals surface area contributed by atoms with Gasteiger partial charge in [0, 0.05) is 17.3 Å². The van der Waals surface area contributed by atoms with Crippen LogP contribution in [0.5, 0.6) is 0 Å². The number of nitrogens with one attached hydrogen (secondary N) is 2. The summed E-state index contributed by atoms with van der Waals surface area (Å²) in [4.78, 5) is 35.0. The van der Waals surface area contributed by atoms with Crippen LogP contribution in [0.1, 0.15) is 26.5 Å². The number of benzene rings is 2. The molecule has 136 valence electrons. The lowest BCUT2D eigenvalue weighted by molar-refractivity contribution is -0.385. The van der Waals surface area contributed by atoms with E-state index in [1.807, 2.05) is 0 Å². The van der Waals surface area contributed by atoms with E-state index in [2.05, 4.69) is 10.6 Å². The summed E-state index contributed by atoms with van der Waals surface area (Å²) < 4.78 is 5.15. The largest absolute Gasteiger partial charge is 0.467 e. The normalized spacial score (nSPS) is 10.2. The second-order valence-corrected chi connectivity index (χ2v) is 5.57. The monoisotopic (exact) mass is 365 g/mol. The van der Waals surface area contributed by atoms with Crippen LogP contribution in [0.15, 0.2) is 71.3 Å². The number of nitro benzene ring substituents is 1. The molecule has 0 unspecified atom stereocenters. The van der Waals surface area contributed by atoms with Crippen LogP contribution >= 0.6 is 0 Å². The minimum atomic E-state index is -0.629. The fraction of sp³-hybridized carbons (Fsp3) is 0.0526. The standard InChI is InChI=1S/C19H15N3O5/c23-18(20-12-15-7-4-10-27-15)13-5-3-6-14(11-13)21-19(24)16-8-1-2-9-17(16)22(25)26/h1-11H,12H2,(H,20,23)(H,21,24). The number of amides is 2. The molecule has 8 heteroatoms. The van der Waals surface area contributed by atoms with Crippen molar-refractivity contribution in [2.45, 2.75) is 6.54 Å². The Hall–Kier alpha value is -3.94. The first-order valence-corrected chi connectivity index (χ1v) is 8.00. The third-order valence-corrected chi connectivity index (χ3v) is 3.73. The quantitative estimate of drug-likeness (QED) is 0.513. The highest BCUT2D eigenvalue weighted by atomic mass is 16.6. The molecule has 0 fully saturated rings. The number of para-hydroxylation sites is 1. The first kappa shape index (κ1) is 17.9. The second-order valence-electron chi connectivity index (χ2n) is 5.57. The number of rotatable bonds is 6. The Balaban J connectivity index is 1.71. The molecule has 0 spiro atoms. The molecule has 2 aromatic carbocycles. The van der Waals surface area contributed by atoms with Crippen LogP contribution < -0.4 is 10.6 Å². The van der Waals surface area contributed by atoms with Gasteiger partial charge in [-0.3, -0.25) is 19.7 Å². The fourth-order valence-electron chi connectivity index (χ4n) is 2.44. The van der Waals surface area contributed by atoms with Gasteiger partial charge in [-0.2, -0.15) is 0 Å². The van der Waals surface area contributed by atoms with Crippen LogP contribution in [-0.2, 0) is 6.54 Å². The maximum absolute atomic E-state index is 12.4. The van der Waals surface area contributed by atoms with E-state index >= 15 is 0 Å². The maximum atomic E-state index is 12.4. The summed E-state index contributed by atoms with van der Waals surface area (Å²) in [5.74, 6) is -0.354. The molecule has 1 aromatic heterocycles. The van der Waals surface area contributed by atoms with E-state index in [-0.39, 0.29) is 23.7 Å². The van der Waals surface area contributed by atoms with Gasteiger partial charge in [-0.15, -0.1) is 0 Å². The Morgan fingerprint density at radius 2 is 1.81 bits per heavy atom. The summed E-state index contributed by atoms with van der Waals surface area (Å²) in [5, 5.41) is 16.3. The average molecular weight is 365 g/mol. The summed E-state index contributed by atoms with van der Waals surface area (Å²) in [6.07, 6.45) is 1.51. The van der Waals surface area contributed by atoms with E-state index in [4.69, 9.17) is 4.42 Å². The minimum absolute atomic E-state index is 0.0600. The van der Waals surface area contributed by atoms with Gasteiger partial charge in [0.25, 0.3) is 17.5 Å². The van der Waals surface area contributed by atoms with Crippen LogP contribution in [0.3, 0.4) is 0 Å². The van der Waals surface area contributed by atoms with Crippen molar-refractivity contribution >= 4 is 23.2 Å². The van der Waals surface area contributed by atoms with E-state index in [1.165, 1.54) is 30.5 Å². The highest BCUT2D eigenvalue weighted by molar-refractivity contribution is 6.07. The molecule has 1 heterocycles. The summed E-state index contributed by atoms with van der Waals surface area (Å²) >= 11 is 0. The van der Waals surface area contributed by atoms with Gasteiger partial charge in [-0.05, 0) is 36.4 Å². The second kappa shape index (κ2) is 7.96. The van der Waals surface area contributed by atoms with Gasteiger partial charge in [-0.1, -0.05) is 18.2 Å². The van der Waals surface area contributed by atoms with Crippen LogP contribution in [0, 0.1) is 10.1 Å². The Kier molecular flexibility index (Phi) is 5.27. The molecule has 0 aliphatic heterocycles. The third kappa shape index (κ3) is 4.37. The smallest absolute Gasteiger partial charge is 0.282 e. The molecule has 0 atom stereocenters. The van der Waals surface area contributed by atoms with E-state index in [1.54, 1.807) is 36.4 Å². The minimum Gasteiger partial charge on any atom is -0.467 e. The van der Waals surface area contributed by atoms with Crippen molar-refractivity contribution in [3.05, 3.63) is 93.9 Å². The number of hydrogen-bond donors (Lipinski definition) is 2. The molecule has 3 aromatic rings. The van der Waals surface area contributed by atoms with E-state index in [9.17, 15) is 19.7 Å². The Morgan fingerprint density at radius 3 is 2.56 bits per heavy atom. The maximum Gasteiger partial charge on any atom is 0.282 e. The topological polar surface area (TPSA) is 114 Å². The first-order chi connectivity index (χ1) is 13.0. The highest BCUT2D eigenvalue weighted by Gasteiger charge is 2.19. The molecule has 0 radical (unpaired) electrons. The van der Waals surface area contributed by atoms with Crippen LogP contribution in [-0.4, -0.2) is 16.7 Å². The molecule has 2 amide bonds. The van der Waals surface area contributed by atoms with Crippen molar-refractivity contribution in [1.29, 1.82) is 0 Å². The summed E-state index contributed by atoms with van der Waals surface area (Å²) in [6, 6.07) is 15.4. The number of anilines is 1. The fourth-order valence-corrected chi connectivity index (χ4v) is 2.44. The van der Waals surface area contributed by atoms with Crippen LogP contribution in [0.4, 0.5) is 11.4 Å². The SMILES string of the molecule is O=C(NCc1ccco1)c1cccc(NC(=O)c2ccccc2[N+](=O)[O-])c1. The lowest BCUT2D eigenvalue weighted by Gasteiger charge is -2.08. The number of nitrogens with zero attached hydrogens (tertiary/aromatic N) is 1. The molecule has 0 saturated carbocycles.